The number of carbonyl (C=O) groups excluding carboxylic acids is 1. The molecule has 17 heavy (non-hydrogen) atoms. The molecule has 1 aromatic carbocycles. The van der Waals surface area contributed by atoms with E-state index >= 15 is 0 Å². The summed E-state index contributed by atoms with van der Waals surface area (Å²) in [6, 6.07) is 8.11. The Labute approximate surface area is 109 Å². The van der Waals surface area contributed by atoms with Crippen LogP contribution in [0, 0.1) is 5.92 Å². The first-order valence-electron chi connectivity index (χ1n) is 6.02. The van der Waals surface area contributed by atoms with E-state index in [1.165, 1.54) is 19.3 Å². The lowest BCUT2D eigenvalue weighted by Crippen LogP contribution is -2.19. The molecule has 1 heterocycles. The van der Waals surface area contributed by atoms with Gasteiger partial charge in [-0.15, -0.1) is 0 Å². The molecule has 2 aromatic rings. The van der Waals surface area contributed by atoms with E-state index in [1.54, 1.807) is 0 Å². The van der Waals surface area contributed by atoms with Crippen LogP contribution in [-0.4, -0.2) is 10.9 Å². The zero-order valence-corrected chi connectivity index (χ0v) is 11.1. The van der Waals surface area contributed by atoms with Crippen LogP contribution in [0.5, 0.6) is 0 Å². The van der Waals surface area contributed by atoms with Gasteiger partial charge in [0.15, 0.2) is 6.29 Å². The Hall–Kier alpha value is -1.09. The molecule has 3 rings (SSSR count). The van der Waals surface area contributed by atoms with Crippen LogP contribution < -0.4 is 0 Å². The molecule has 2 nitrogen and oxygen atoms in total. The summed E-state index contributed by atoms with van der Waals surface area (Å²) in [6.45, 7) is 0.980. The van der Waals surface area contributed by atoms with Gasteiger partial charge in [-0.1, -0.05) is 28.4 Å². The molecule has 0 spiro atoms. The Morgan fingerprint density at radius 1 is 1.41 bits per heavy atom. The topological polar surface area (TPSA) is 22.0 Å². The number of carbonyl (C=O) groups is 1. The second kappa shape index (κ2) is 4.30. The summed E-state index contributed by atoms with van der Waals surface area (Å²) in [6.07, 6.45) is 4.90. The smallest absolute Gasteiger partial charge is 0.166 e. The summed E-state index contributed by atoms with van der Waals surface area (Å²) in [5.41, 5.74) is 1.95. The van der Waals surface area contributed by atoms with Gasteiger partial charge in [-0.05, 0) is 37.0 Å². The molecular weight excluding hydrogens is 278 g/mol. The minimum absolute atomic E-state index is 0.753. The van der Waals surface area contributed by atoms with Gasteiger partial charge < -0.3 is 4.57 Å². The SMILES string of the molecule is O=Cc1cc2c(Br)cccc2n1CC1CCC1. The molecule has 0 atom stereocenters. The van der Waals surface area contributed by atoms with Crippen LogP contribution >= 0.6 is 15.9 Å². The molecule has 1 aliphatic carbocycles. The van der Waals surface area contributed by atoms with E-state index in [0.29, 0.717) is 0 Å². The summed E-state index contributed by atoms with van der Waals surface area (Å²) >= 11 is 3.54. The number of hydrogen-bond donors (Lipinski definition) is 0. The van der Waals surface area contributed by atoms with E-state index in [4.69, 9.17) is 0 Å². The van der Waals surface area contributed by atoms with E-state index in [0.717, 1.165) is 39.8 Å². The molecule has 0 radical (unpaired) electrons. The van der Waals surface area contributed by atoms with E-state index in [9.17, 15) is 4.79 Å². The third kappa shape index (κ3) is 1.82. The molecule has 1 saturated carbocycles. The number of halogens is 1. The first kappa shape index (κ1) is 11.0. The van der Waals surface area contributed by atoms with Crippen molar-refractivity contribution in [2.45, 2.75) is 25.8 Å². The van der Waals surface area contributed by atoms with Gasteiger partial charge in [-0.2, -0.15) is 0 Å². The molecule has 0 N–H and O–H groups in total. The largest absolute Gasteiger partial charge is 0.338 e. The van der Waals surface area contributed by atoms with Gasteiger partial charge in [0.2, 0.25) is 0 Å². The first-order valence-corrected chi connectivity index (χ1v) is 6.82. The van der Waals surface area contributed by atoms with E-state index in [2.05, 4.69) is 26.6 Å². The number of fused-ring (bicyclic) bond motifs is 1. The molecule has 1 fully saturated rings. The molecule has 88 valence electrons. The molecule has 0 saturated heterocycles. The highest BCUT2D eigenvalue weighted by Crippen LogP contribution is 2.32. The van der Waals surface area contributed by atoms with Crippen molar-refractivity contribution in [1.82, 2.24) is 4.57 Å². The fourth-order valence-electron chi connectivity index (χ4n) is 2.50. The fourth-order valence-corrected chi connectivity index (χ4v) is 2.97. The Kier molecular flexibility index (Phi) is 2.79. The summed E-state index contributed by atoms with van der Waals surface area (Å²) in [7, 11) is 0. The second-order valence-electron chi connectivity index (χ2n) is 4.77. The van der Waals surface area contributed by atoms with Crippen LogP contribution in [0.1, 0.15) is 29.8 Å². The van der Waals surface area contributed by atoms with Crippen molar-refractivity contribution >= 4 is 33.1 Å². The third-order valence-corrected chi connectivity index (χ3v) is 4.40. The van der Waals surface area contributed by atoms with Gasteiger partial charge in [0.25, 0.3) is 0 Å². The number of aromatic nitrogens is 1. The summed E-state index contributed by atoms with van der Waals surface area (Å²) in [5.74, 6) is 0.753. The highest BCUT2D eigenvalue weighted by molar-refractivity contribution is 9.10. The summed E-state index contributed by atoms with van der Waals surface area (Å²) < 4.78 is 3.22. The zero-order chi connectivity index (χ0) is 11.8. The molecule has 1 aromatic heterocycles. The number of nitrogens with zero attached hydrogens (tertiary/aromatic N) is 1. The number of hydrogen-bond acceptors (Lipinski definition) is 1. The molecular formula is C14H14BrNO. The van der Waals surface area contributed by atoms with Crippen molar-refractivity contribution in [1.29, 1.82) is 0 Å². The van der Waals surface area contributed by atoms with E-state index in [-0.39, 0.29) is 0 Å². The molecule has 3 heteroatoms. The van der Waals surface area contributed by atoms with Gasteiger partial charge >= 0.3 is 0 Å². The van der Waals surface area contributed by atoms with Gasteiger partial charge in [0, 0.05) is 21.9 Å². The minimum atomic E-state index is 0.753. The van der Waals surface area contributed by atoms with Gasteiger partial charge in [0.05, 0.1) is 5.69 Å². The van der Waals surface area contributed by atoms with Crippen molar-refractivity contribution in [2.24, 2.45) is 5.92 Å². The molecule has 0 bridgehead atoms. The normalized spacial score (nSPS) is 16.1. The lowest BCUT2D eigenvalue weighted by atomic mass is 9.85. The Morgan fingerprint density at radius 3 is 2.88 bits per heavy atom. The Bertz CT molecular complexity index is 569. The second-order valence-corrected chi connectivity index (χ2v) is 5.62. The molecule has 0 amide bonds. The van der Waals surface area contributed by atoms with Crippen molar-refractivity contribution in [3.05, 3.63) is 34.4 Å². The van der Waals surface area contributed by atoms with Crippen molar-refractivity contribution in [2.75, 3.05) is 0 Å². The highest BCUT2D eigenvalue weighted by atomic mass is 79.9. The van der Waals surface area contributed by atoms with Gasteiger partial charge in [0.1, 0.15) is 0 Å². The first-order chi connectivity index (χ1) is 8.29. The summed E-state index contributed by atoms with van der Waals surface area (Å²) in [5, 5.41) is 1.13. The van der Waals surface area contributed by atoms with Gasteiger partial charge in [-0.3, -0.25) is 4.79 Å². The van der Waals surface area contributed by atoms with Crippen LogP contribution in [0.4, 0.5) is 0 Å². The molecule has 0 unspecified atom stereocenters. The summed E-state index contributed by atoms with van der Waals surface area (Å²) in [4.78, 5) is 11.2. The molecule has 0 aliphatic heterocycles. The van der Waals surface area contributed by atoms with E-state index < -0.39 is 0 Å². The van der Waals surface area contributed by atoms with Crippen LogP contribution in [0.25, 0.3) is 10.9 Å². The predicted molar refractivity (Wildman–Crippen MR) is 72.4 cm³/mol. The van der Waals surface area contributed by atoms with Crippen LogP contribution in [-0.2, 0) is 6.54 Å². The van der Waals surface area contributed by atoms with Crippen molar-refractivity contribution in [3.8, 4) is 0 Å². The van der Waals surface area contributed by atoms with E-state index in [1.807, 2.05) is 18.2 Å². The number of aldehydes is 1. The quantitative estimate of drug-likeness (QED) is 0.783. The maximum atomic E-state index is 11.2. The monoisotopic (exact) mass is 291 g/mol. The average molecular weight is 292 g/mol. The number of rotatable bonds is 3. The third-order valence-electron chi connectivity index (χ3n) is 3.71. The maximum absolute atomic E-state index is 11.2. The van der Waals surface area contributed by atoms with Crippen LogP contribution in [0.2, 0.25) is 0 Å². The van der Waals surface area contributed by atoms with Crippen molar-refractivity contribution < 1.29 is 4.79 Å². The number of benzene rings is 1. The average Bonchev–Trinajstić information content (AvgIpc) is 2.63. The minimum Gasteiger partial charge on any atom is -0.338 e. The van der Waals surface area contributed by atoms with Gasteiger partial charge in [-0.25, -0.2) is 0 Å². The zero-order valence-electron chi connectivity index (χ0n) is 9.53. The molecule has 1 aliphatic rings. The predicted octanol–water partition coefficient (Wildman–Crippen LogP) is 4.02. The van der Waals surface area contributed by atoms with Crippen molar-refractivity contribution in [3.63, 3.8) is 0 Å². The standard InChI is InChI=1S/C14H14BrNO/c15-13-5-2-6-14-12(13)7-11(9-17)16(14)8-10-3-1-4-10/h2,5-7,9-10H,1,3-4,8H2. The maximum Gasteiger partial charge on any atom is 0.166 e. The van der Waals surface area contributed by atoms with Crippen LogP contribution in [0.3, 0.4) is 0 Å². The lowest BCUT2D eigenvalue weighted by Gasteiger charge is -2.26. The fraction of sp³-hybridized carbons (Fsp3) is 0.357. The Morgan fingerprint density at radius 2 is 2.24 bits per heavy atom. The lowest BCUT2D eigenvalue weighted by molar-refractivity contribution is 0.111. The highest BCUT2D eigenvalue weighted by Gasteiger charge is 2.20. The van der Waals surface area contributed by atoms with Crippen LogP contribution in [0.15, 0.2) is 28.7 Å². The Balaban J connectivity index is 2.12.